The molecule has 0 radical (unpaired) electrons. The van der Waals surface area contributed by atoms with Crippen LogP contribution in [0.5, 0.6) is 0 Å². The van der Waals surface area contributed by atoms with Crippen LogP contribution < -0.4 is 0 Å². The Bertz CT molecular complexity index is 203. The molecule has 0 spiro atoms. The average Bonchev–Trinajstić information content (AvgIpc) is 2.36. The zero-order valence-electron chi connectivity index (χ0n) is 6.79. The highest BCUT2D eigenvalue weighted by Gasteiger charge is 2.32. The number of β-amino-alcohol motifs (C(OH)–C–C–N with tert-alkyl or cyclic N) is 1. The van der Waals surface area contributed by atoms with Gasteiger partial charge in [-0.3, -0.25) is 4.79 Å². The van der Waals surface area contributed by atoms with Gasteiger partial charge in [-0.1, -0.05) is 15.9 Å². The Morgan fingerprint density at radius 2 is 2.31 bits per heavy atom. The first-order valence-electron chi connectivity index (χ1n) is 3.91. The number of hydrogen-bond donors (Lipinski definition) is 1. The zero-order valence-corrected chi connectivity index (χ0v) is 8.38. The van der Waals surface area contributed by atoms with Crippen LogP contribution in [0.4, 0.5) is 8.78 Å². The molecule has 0 saturated carbocycles. The molecule has 0 bridgehead atoms. The van der Waals surface area contributed by atoms with Crippen LogP contribution in [0.1, 0.15) is 6.42 Å². The van der Waals surface area contributed by atoms with Gasteiger partial charge < -0.3 is 10.0 Å². The number of nitrogens with zero attached hydrogens (tertiary/aromatic N) is 1. The summed E-state index contributed by atoms with van der Waals surface area (Å²) in [7, 11) is 0. The zero-order chi connectivity index (χ0) is 10.0. The van der Waals surface area contributed by atoms with Crippen LogP contribution in [0.15, 0.2) is 0 Å². The van der Waals surface area contributed by atoms with E-state index in [4.69, 9.17) is 5.11 Å². The molecular weight excluding hydrogens is 248 g/mol. The summed E-state index contributed by atoms with van der Waals surface area (Å²) in [5, 5.41) is 8.83. The second-order valence-electron chi connectivity index (χ2n) is 2.94. The second-order valence-corrected chi connectivity index (χ2v) is 4.05. The first kappa shape index (κ1) is 10.8. The number of carbonyl (C=O) groups excluding carboxylic acids is 1. The lowest BCUT2D eigenvalue weighted by Crippen LogP contribution is -2.38. The fourth-order valence-corrected chi connectivity index (χ4v) is 1.68. The van der Waals surface area contributed by atoms with E-state index >= 15 is 0 Å². The Morgan fingerprint density at radius 1 is 1.69 bits per heavy atom. The monoisotopic (exact) mass is 257 g/mol. The van der Waals surface area contributed by atoms with Gasteiger partial charge in [0.15, 0.2) is 0 Å². The van der Waals surface area contributed by atoms with Crippen molar-refractivity contribution in [2.24, 2.45) is 0 Å². The third-order valence-electron chi connectivity index (χ3n) is 1.93. The minimum absolute atomic E-state index is 0.222. The van der Waals surface area contributed by atoms with Crippen molar-refractivity contribution in [1.82, 2.24) is 4.90 Å². The molecule has 0 aromatic carbocycles. The van der Waals surface area contributed by atoms with Crippen LogP contribution in [0.2, 0.25) is 0 Å². The number of alkyl halides is 3. The topological polar surface area (TPSA) is 40.5 Å². The predicted octanol–water partition coefficient (Wildman–Crippen LogP) is 0.608. The molecule has 2 unspecified atom stereocenters. The van der Waals surface area contributed by atoms with Crippen LogP contribution in [0, 0.1) is 0 Å². The molecular formula is C7H10BrF2NO2. The van der Waals surface area contributed by atoms with E-state index in [1.165, 1.54) is 4.90 Å². The highest BCUT2D eigenvalue weighted by atomic mass is 79.9. The van der Waals surface area contributed by atoms with Crippen LogP contribution in [0.25, 0.3) is 0 Å². The Labute approximate surface area is 82.8 Å². The smallest absolute Gasteiger partial charge is 0.265 e. The normalized spacial score (nSPS) is 25.8. The maximum absolute atomic E-state index is 11.9. The van der Waals surface area contributed by atoms with Gasteiger partial charge in [-0.15, -0.1) is 0 Å². The largest absolute Gasteiger partial charge is 0.385 e. The van der Waals surface area contributed by atoms with Crippen molar-refractivity contribution in [3.8, 4) is 0 Å². The molecule has 1 saturated heterocycles. The number of hydrogen-bond acceptors (Lipinski definition) is 2. The summed E-state index contributed by atoms with van der Waals surface area (Å²) in [6.45, 7) is 0.150. The van der Waals surface area contributed by atoms with Crippen molar-refractivity contribution >= 4 is 21.8 Å². The Morgan fingerprint density at radius 3 is 2.69 bits per heavy atom. The molecule has 6 heteroatoms. The van der Waals surface area contributed by atoms with Gasteiger partial charge in [-0.25, -0.2) is 8.78 Å². The number of aliphatic hydroxyl groups is 1. The third kappa shape index (κ3) is 2.60. The minimum atomic E-state index is -2.79. The lowest BCUT2D eigenvalue weighted by Gasteiger charge is -2.19. The molecule has 0 aromatic rings. The van der Waals surface area contributed by atoms with Gasteiger partial charge in [-0.2, -0.15) is 0 Å². The molecule has 1 rings (SSSR count). The fraction of sp³-hybridized carbons (Fsp3) is 0.857. The summed E-state index contributed by atoms with van der Waals surface area (Å²) in [5.41, 5.74) is 0. The first-order chi connectivity index (χ1) is 6.02. The number of rotatable bonds is 3. The van der Waals surface area contributed by atoms with E-state index in [-0.39, 0.29) is 17.3 Å². The summed E-state index contributed by atoms with van der Waals surface area (Å²) >= 11 is 3.11. The van der Waals surface area contributed by atoms with E-state index in [9.17, 15) is 13.6 Å². The van der Waals surface area contributed by atoms with E-state index in [1.807, 2.05) is 0 Å². The van der Waals surface area contributed by atoms with Gasteiger partial charge in [0.05, 0.1) is 11.4 Å². The number of likely N-dealkylation sites (tertiary alicyclic amines) is 1. The van der Waals surface area contributed by atoms with Crippen LogP contribution >= 0.6 is 15.9 Å². The SMILES string of the molecule is O=C1C(Br)CCN1CC(O)C(F)F. The van der Waals surface area contributed by atoms with Crippen molar-refractivity contribution in [3.63, 3.8) is 0 Å². The summed E-state index contributed by atoms with van der Waals surface area (Å²) in [6.07, 6.45) is -3.92. The number of carbonyl (C=O) groups is 1. The fourth-order valence-electron chi connectivity index (χ4n) is 1.19. The number of aliphatic hydroxyl groups excluding tert-OH is 1. The highest BCUT2D eigenvalue weighted by Crippen LogP contribution is 2.19. The summed E-state index contributed by atoms with van der Waals surface area (Å²) < 4.78 is 23.8. The molecule has 0 aliphatic carbocycles. The molecule has 1 aliphatic rings. The summed E-state index contributed by atoms with van der Waals surface area (Å²) in [5.74, 6) is -0.222. The van der Waals surface area contributed by atoms with Gasteiger partial charge in [0, 0.05) is 6.54 Å². The molecule has 1 N–H and O–H groups in total. The molecule has 0 aromatic heterocycles. The van der Waals surface area contributed by atoms with Crippen molar-refractivity contribution in [1.29, 1.82) is 0 Å². The minimum Gasteiger partial charge on any atom is -0.385 e. The Hall–Kier alpha value is -0.230. The van der Waals surface area contributed by atoms with Gasteiger partial charge in [-0.05, 0) is 6.42 Å². The maximum Gasteiger partial charge on any atom is 0.265 e. The van der Waals surface area contributed by atoms with Crippen LogP contribution in [0.3, 0.4) is 0 Å². The molecule has 76 valence electrons. The standard InChI is InChI=1S/C7H10BrF2NO2/c8-4-1-2-11(7(4)13)3-5(12)6(9)10/h4-6,12H,1-3H2. The maximum atomic E-state index is 11.9. The third-order valence-corrected chi connectivity index (χ3v) is 2.78. The van der Waals surface area contributed by atoms with E-state index < -0.39 is 12.5 Å². The number of amides is 1. The lowest BCUT2D eigenvalue weighted by molar-refractivity contribution is -0.129. The molecule has 1 aliphatic heterocycles. The van der Waals surface area contributed by atoms with Crippen molar-refractivity contribution in [2.75, 3.05) is 13.1 Å². The quantitative estimate of drug-likeness (QED) is 0.753. The molecule has 1 heterocycles. The van der Waals surface area contributed by atoms with Gasteiger partial charge in [0.25, 0.3) is 6.43 Å². The number of halogens is 3. The summed E-state index contributed by atoms with van der Waals surface area (Å²) in [6, 6.07) is 0. The molecule has 3 nitrogen and oxygen atoms in total. The molecule has 2 atom stereocenters. The van der Waals surface area contributed by atoms with Crippen LogP contribution in [-0.4, -0.2) is 46.4 Å². The van der Waals surface area contributed by atoms with Crippen molar-refractivity contribution < 1.29 is 18.7 Å². The molecule has 1 fully saturated rings. The van der Waals surface area contributed by atoms with Gasteiger partial charge in [0.1, 0.15) is 6.10 Å². The second kappa shape index (κ2) is 4.32. The lowest BCUT2D eigenvalue weighted by atomic mass is 10.3. The van der Waals surface area contributed by atoms with Gasteiger partial charge >= 0.3 is 0 Å². The Kier molecular flexibility index (Phi) is 3.61. The van der Waals surface area contributed by atoms with E-state index in [1.54, 1.807) is 0 Å². The van der Waals surface area contributed by atoms with E-state index in [0.717, 1.165) is 0 Å². The van der Waals surface area contributed by atoms with Gasteiger partial charge in [0.2, 0.25) is 5.91 Å². The first-order valence-corrected chi connectivity index (χ1v) is 4.83. The molecule has 13 heavy (non-hydrogen) atoms. The average molecular weight is 258 g/mol. The van der Waals surface area contributed by atoms with E-state index in [0.29, 0.717) is 13.0 Å². The van der Waals surface area contributed by atoms with Crippen molar-refractivity contribution in [2.45, 2.75) is 23.8 Å². The highest BCUT2D eigenvalue weighted by molar-refractivity contribution is 9.10. The Balaban J connectivity index is 2.42. The summed E-state index contributed by atoms with van der Waals surface area (Å²) in [4.78, 5) is 12.2. The van der Waals surface area contributed by atoms with Crippen LogP contribution in [-0.2, 0) is 4.79 Å². The van der Waals surface area contributed by atoms with Crippen molar-refractivity contribution in [3.05, 3.63) is 0 Å². The van der Waals surface area contributed by atoms with E-state index in [2.05, 4.69) is 15.9 Å². The molecule has 1 amide bonds. The predicted molar refractivity (Wildman–Crippen MR) is 45.9 cm³/mol.